The van der Waals surface area contributed by atoms with Gasteiger partial charge in [-0.25, -0.2) is 0 Å². The van der Waals surface area contributed by atoms with Crippen molar-refractivity contribution in [2.24, 2.45) is 0 Å². The number of carbonyl (C=O) groups is 2. The summed E-state index contributed by atoms with van der Waals surface area (Å²) < 4.78 is 49.4. The van der Waals surface area contributed by atoms with E-state index in [4.69, 9.17) is 9.47 Å². The molecule has 1 saturated heterocycles. The summed E-state index contributed by atoms with van der Waals surface area (Å²) in [6, 6.07) is 11.3. The van der Waals surface area contributed by atoms with Crippen LogP contribution in [0.25, 0.3) is 0 Å². The fourth-order valence-corrected chi connectivity index (χ4v) is 3.69. The Labute approximate surface area is 182 Å². The summed E-state index contributed by atoms with van der Waals surface area (Å²) in [7, 11) is 0. The summed E-state index contributed by atoms with van der Waals surface area (Å²) in [5.41, 5.74) is 0.133. The molecule has 2 amide bonds. The number of para-hydroxylation sites is 2. The van der Waals surface area contributed by atoms with Crippen LogP contribution in [0.1, 0.15) is 5.56 Å². The van der Waals surface area contributed by atoms with E-state index < -0.39 is 23.8 Å². The molecule has 0 spiro atoms. The minimum Gasteiger partial charge on any atom is -0.477 e. The number of ether oxygens (including phenoxy) is 2. The van der Waals surface area contributed by atoms with E-state index in [1.54, 1.807) is 34.1 Å². The van der Waals surface area contributed by atoms with E-state index in [9.17, 15) is 22.8 Å². The molecule has 2 aliphatic rings. The number of hydrogen-bond donors (Lipinski definition) is 1. The zero-order valence-corrected chi connectivity index (χ0v) is 17.1. The van der Waals surface area contributed by atoms with Crippen molar-refractivity contribution in [3.63, 3.8) is 0 Å². The maximum absolute atomic E-state index is 12.9. The van der Waals surface area contributed by atoms with Crippen LogP contribution >= 0.6 is 0 Å². The van der Waals surface area contributed by atoms with Crippen LogP contribution in [0.4, 0.5) is 24.5 Å². The number of nitrogens with zero attached hydrogens (tertiary/aromatic N) is 2. The fraction of sp³-hybridized carbons (Fsp3) is 0.364. The molecule has 0 radical (unpaired) electrons. The van der Waals surface area contributed by atoms with E-state index >= 15 is 0 Å². The highest BCUT2D eigenvalue weighted by Gasteiger charge is 2.35. The smallest absolute Gasteiger partial charge is 0.416 e. The van der Waals surface area contributed by atoms with Crippen molar-refractivity contribution in [1.29, 1.82) is 0 Å². The molecule has 1 fully saturated rings. The lowest BCUT2D eigenvalue weighted by Gasteiger charge is -2.38. The summed E-state index contributed by atoms with van der Waals surface area (Å²) in [6.45, 7) is 1.98. The maximum atomic E-state index is 12.9. The minimum atomic E-state index is -4.44. The van der Waals surface area contributed by atoms with Gasteiger partial charge in [-0.2, -0.15) is 13.2 Å². The summed E-state index contributed by atoms with van der Waals surface area (Å²) in [6.07, 6.45) is -5.22. The van der Waals surface area contributed by atoms with Gasteiger partial charge in [-0.1, -0.05) is 12.1 Å². The first-order valence-corrected chi connectivity index (χ1v) is 10.2. The number of carbonyl (C=O) groups excluding carboxylic acids is 2. The Morgan fingerprint density at radius 3 is 2.41 bits per heavy atom. The Kier molecular flexibility index (Phi) is 6.22. The summed E-state index contributed by atoms with van der Waals surface area (Å²) in [5.74, 6) is -0.0947. The van der Waals surface area contributed by atoms with E-state index in [0.717, 1.165) is 12.1 Å². The molecule has 1 atom stereocenters. The number of nitrogens with one attached hydrogen (secondary N) is 1. The molecule has 0 aliphatic carbocycles. The molecule has 32 heavy (non-hydrogen) atoms. The van der Waals surface area contributed by atoms with Crippen LogP contribution in [0.15, 0.2) is 48.5 Å². The van der Waals surface area contributed by atoms with Crippen molar-refractivity contribution in [3.8, 4) is 5.75 Å². The van der Waals surface area contributed by atoms with E-state index in [0.29, 0.717) is 37.7 Å². The number of alkyl halides is 3. The lowest BCUT2D eigenvalue weighted by atomic mass is 10.1. The molecule has 2 aromatic rings. The molecule has 7 nitrogen and oxygen atoms in total. The average molecular weight is 449 g/mol. The van der Waals surface area contributed by atoms with Gasteiger partial charge in [0.15, 0.2) is 6.10 Å². The van der Waals surface area contributed by atoms with Crippen LogP contribution in [0.2, 0.25) is 0 Å². The molecule has 0 aromatic heterocycles. The third-order valence-electron chi connectivity index (χ3n) is 5.29. The van der Waals surface area contributed by atoms with Crippen LogP contribution in [-0.2, 0) is 20.5 Å². The number of hydrogen-bond acceptors (Lipinski definition) is 5. The highest BCUT2D eigenvalue weighted by atomic mass is 19.4. The van der Waals surface area contributed by atoms with Gasteiger partial charge < -0.3 is 24.6 Å². The summed E-state index contributed by atoms with van der Waals surface area (Å²) >= 11 is 0. The number of morpholine rings is 1. The Hall–Kier alpha value is -3.27. The van der Waals surface area contributed by atoms with Crippen LogP contribution in [0.5, 0.6) is 5.75 Å². The molecule has 170 valence electrons. The summed E-state index contributed by atoms with van der Waals surface area (Å²) in [5, 5.41) is 2.61. The Morgan fingerprint density at radius 1 is 1.03 bits per heavy atom. The predicted molar refractivity (Wildman–Crippen MR) is 111 cm³/mol. The Balaban J connectivity index is 1.45. The maximum Gasteiger partial charge on any atom is 0.416 e. The second-order valence-electron chi connectivity index (χ2n) is 7.52. The van der Waals surface area contributed by atoms with Crippen LogP contribution < -0.4 is 15.0 Å². The van der Waals surface area contributed by atoms with Crippen LogP contribution in [-0.4, -0.2) is 62.2 Å². The lowest BCUT2D eigenvalue weighted by Crippen LogP contribution is -2.53. The fourth-order valence-electron chi connectivity index (χ4n) is 3.69. The normalized spacial score (nSPS) is 18.5. The molecule has 10 heteroatoms. The van der Waals surface area contributed by atoms with Gasteiger partial charge in [-0.05, 0) is 36.4 Å². The molecule has 4 rings (SSSR count). The van der Waals surface area contributed by atoms with Crippen molar-refractivity contribution in [1.82, 2.24) is 4.90 Å². The number of halogens is 3. The van der Waals surface area contributed by atoms with Gasteiger partial charge in [0.05, 0.1) is 37.6 Å². The lowest BCUT2D eigenvalue weighted by molar-refractivity contribution is -0.142. The van der Waals surface area contributed by atoms with Gasteiger partial charge in [0.25, 0.3) is 5.91 Å². The largest absolute Gasteiger partial charge is 0.477 e. The van der Waals surface area contributed by atoms with Gasteiger partial charge in [-0.15, -0.1) is 0 Å². The van der Waals surface area contributed by atoms with Gasteiger partial charge in [0.2, 0.25) is 5.91 Å². The first kappa shape index (κ1) is 21.9. The third-order valence-corrected chi connectivity index (χ3v) is 5.29. The Bertz CT molecular complexity index is 975. The SMILES string of the molecule is O=C(CN1C[C@H](C(=O)N2CCOCC2)Oc2ccccc21)Nc1ccc(C(F)(F)F)cc1. The quantitative estimate of drug-likeness (QED) is 0.778. The highest BCUT2D eigenvalue weighted by Crippen LogP contribution is 2.34. The van der Waals surface area contributed by atoms with Crippen molar-refractivity contribution >= 4 is 23.2 Å². The number of amides is 2. The molecule has 0 unspecified atom stereocenters. The highest BCUT2D eigenvalue weighted by molar-refractivity contribution is 5.95. The van der Waals surface area contributed by atoms with E-state index in [2.05, 4.69) is 5.32 Å². The zero-order chi connectivity index (χ0) is 22.7. The minimum absolute atomic E-state index is 0.0890. The van der Waals surface area contributed by atoms with Gasteiger partial charge in [0, 0.05) is 18.8 Å². The van der Waals surface area contributed by atoms with E-state index in [1.807, 2.05) is 0 Å². The van der Waals surface area contributed by atoms with Crippen LogP contribution in [0.3, 0.4) is 0 Å². The third kappa shape index (κ3) is 4.96. The Morgan fingerprint density at radius 2 is 1.72 bits per heavy atom. The number of rotatable bonds is 4. The molecule has 1 N–H and O–H groups in total. The van der Waals surface area contributed by atoms with Gasteiger partial charge in [0.1, 0.15) is 5.75 Å². The molecular weight excluding hydrogens is 427 g/mol. The van der Waals surface area contributed by atoms with E-state index in [-0.39, 0.29) is 24.7 Å². The molecule has 2 heterocycles. The molecule has 2 aromatic carbocycles. The first-order valence-electron chi connectivity index (χ1n) is 10.2. The molecule has 0 saturated carbocycles. The van der Waals surface area contributed by atoms with Gasteiger partial charge >= 0.3 is 6.18 Å². The zero-order valence-electron chi connectivity index (χ0n) is 17.1. The van der Waals surface area contributed by atoms with Crippen molar-refractivity contribution in [2.45, 2.75) is 12.3 Å². The second-order valence-corrected chi connectivity index (χ2v) is 7.52. The van der Waals surface area contributed by atoms with Crippen molar-refractivity contribution < 1.29 is 32.2 Å². The predicted octanol–water partition coefficient (Wildman–Crippen LogP) is 2.77. The van der Waals surface area contributed by atoms with E-state index in [1.165, 1.54) is 12.1 Å². The molecular formula is C22H22F3N3O4. The van der Waals surface area contributed by atoms with Crippen LogP contribution in [0, 0.1) is 0 Å². The van der Waals surface area contributed by atoms with Gasteiger partial charge in [-0.3, -0.25) is 9.59 Å². The number of benzene rings is 2. The summed E-state index contributed by atoms with van der Waals surface area (Å²) in [4.78, 5) is 29.0. The monoisotopic (exact) mass is 449 g/mol. The van der Waals surface area contributed by atoms with Crippen molar-refractivity contribution in [2.75, 3.05) is 49.6 Å². The molecule has 0 bridgehead atoms. The average Bonchev–Trinajstić information content (AvgIpc) is 2.79. The standard InChI is InChI=1S/C22H22F3N3O4/c23-22(24,25)15-5-7-16(8-6-15)26-20(29)14-28-13-19(21(30)27-9-11-31-12-10-27)32-18-4-2-1-3-17(18)28/h1-8,19H,9-14H2,(H,26,29)/t19-/m1/s1. The van der Waals surface area contributed by atoms with Crippen molar-refractivity contribution in [3.05, 3.63) is 54.1 Å². The topological polar surface area (TPSA) is 71.1 Å². The second kappa shape index (κ2) is 9.07. The number of anilines is 2. The molecule has 2 aliphatic heterocycles. The first-order chi connectivity index (χ1) is 15.3. The number of fused-ring (bicyclic) bond motifs is 1.